The zero-order valence-electron chi connectivity index (χ0n) is 11.4. The molecule has 1 aliphatic heterocycles. The molecule has 0 unspecified atom stereocenters. The minimum atomic E-state index is -0.994. The number of amides is 1. The first-order chi connectivity index (χ1) is 8.38. The van der Waals surface area contributed by atoms with Gasteiger partial charge in [-0.25, -0.2) is 9.18 Å². The summed E-state index contributed by atoms with van der Waals surface area (Å²) in [5.74, 6) is 0. The Bertz CT molecular complexity index is 313. The molecule has 18 heavy (non-hydrogen) atoms. The molecule has 0 aromatic rings. The van der Waals surface area contributed by atoms with Gasteiger partial charge in [-0.05, 0) is 46.6 Å². The third kappa shape index (κ3) is 3.34. The molecule has 1 N–H and O–H groups in total. The van der Waals surface area contributed by atoms with Gasteiger partial charge in [-0.1, -0.05) is 0 Å². The van der Waals surface area contributed by atoms with Gasteiger partial charge >= 0.3 is 6.09 Å². The molecule has 2 fully saturated rings. The van der Waals surface area contributed by atoms with Crippen LogP contribution in [0.15, 0.2) is 0 Å². The van der Waals surface area contributed by atoms with Crippen LogP contribution in [-0.2, 0) is 4.74 Å². The summed E-state index contributed by atoms with van der Waals surface area (Å²) in [6.45, 7) is 6.61. The van der Waals surface area contributed by atoms with E-state index in [0.717, 1.165) is 19.4 Å². The van der Waals surface area contributed by atoms with Crippen LogP contribution in [0.5, 0.6) is 0 Å². The Kier molecular flexibility index (Phi) is 3.80. The van der Waals surface area contributed by atoms with Gasteiger partial charge in [0.05, 0.1) is 6.04 Å². The van der Waals surface area contributed by atoms with Crippen LogP contribution in [0.25, 0.3) is 0 Å². The van der Waals surface area contributed by atoms with E-state index in [-0.39, 0.29) is 18.2 Å². The third-order valence-corrected chi connectivity index (χ3v) is 3.28. The van der Waals surface area contributed by atoms with E-state index in [4.69, 9.17) is 4.74 Å². The van der Waals surface area contributed by atoms with E-state index >= 15 is 0 Å². The molecule has 4 nitrogen and oxygen atoms in total. The fraction of sp³-hybridized carbons (Fsp3) is 0.923. The predicted octanol–water partition coefficient (Wildman–Crippen LogP) is 2.09. The molecule has 5 heteroatoms. The van der Waals surface area contributed by atoms with Crippen LogP contribution < -0.4 is 5.32 Å². The molecule has 1 heterocycles. The van der Waals surface area contributed by atoms with Crippen molar-refractivity contribution in [1.29, 1.82) is 0 Å². The highest BCUT2D eigenvalue weighted by Gasteiger charge is 2.43. The Hall–Kier alpha value is -0.840. The van der Waals surface area contributed by atoms with Crippen LogP contribution in [0.1, 0.15) is 40.0 Å². The maximum Gasteiger partial charge on any atom is 0.410 e. The summed E-state index contributed by atoms with van der Waals surface area (Å²) in [7, 11) is 0. The highest BCUT2D eigenvalue weighted by molar-refractivity contribution is 5.69. The smallest absolute Gasteiger partial charge is 0.410 e. The first-order valence-corrected chi connectivity index (χ1v) is 6.74. The number of carbonyl (C=O) groups excluding carboxylic acids is 1. The number of carbonyl (C=O) groups is 1. The quantitative estimate of drug-likeness (QED) is 0.824. The zero-order chi connectivity index (χ0) is 13.3. The first kappa shape index (κ1) is 13.6. The number of piperidine rings is 1. The number of hydrogen-bond acceptors (Lipinski definition) is 3. The number of rotatable bonds is 2. The second-order valence-electron chi connectivity index (χ2n) is 6.19. The SMILES string of the molecule is CC(C)(C)OC(=O)N(C1CC1)[C@@H]1CCNC[C@H]1F. The monoisotopic (exact) mass is 258 g/mol. The Balaban J connectivity index is 2.05. The molecule has 0 bridgehead atoms. The normalized spacial score (nSPS) is 28.9. The van der Waals surface area contributed by atoms with Crippen LogP contribution in [0.2, 0.25) is 0 Å². The van der Waals surface area contributed by atoms with E-state index in [1.54, 1.807) is 4.90 Å². The van der Waals surface area contributed by atoms with Gasteiger partial charge in [0.2, 0.25) is 0 Å². The van der Waals surface area contributed by atoms with Crippen LogP contribution in [-0.4, -0.2) is 47.9 Å². The lowest BCUT2D eigenvalue weighted by atomic mass is 10.0. The van der Waals surface area contributed by atoms with E-state index in [9.17, 15) is 9.18 Å². The molecule has 2 aliphatic rings. The van der Waals surface area contributed by atoms with Crippen molar-refractivity contribution < 1.29 is 13.9 Å². The minimum absolute atomic E-state index is 0.182. The molecule has 0 aromatic carbocycles. The van der Waals surface area contributed by atoms with E-state index < -0.39 is 11.8 Å². The highest BCUT2D eigenvalue weighted by atomic mass is 19.1. The van der Waals surface area contributed by atoms with E-state index in [1.165, 1.54) is 0 Å². The second-order valence-corrected chi connectivity index (χ2v) is 6.19. The number of nitrogens with zero attached hydrogens (tertiary/aromatic N) is 1. The lowest BCUT2D eigenvalue weighted by molar-refractivity contribution is -0.00118. The second kappa shape index (κ2) is 5.03. The maximum absolute atomic E-state index is 14.0. The van der Waals surface area contributed by atoms with Crippen LogP contribution >= 0.6 is 0 Å². The molecule has 1 saturated heterocycles. The minimum Gasteiger partial charge on any atom is -0.444 e. The third-order valence-electron chi connectivity index (χ3n) is 3.28. The lowest BCUT2D eigenvalue weighted by Crippen LogP contribution is -2.54. The molecule has 104 valence electrons. The number of ether oxygens (including phenoxy) is 1. The fourth-order valence-corrected chi connectivity index (χ4v) is 2.34. The van der Waals surface area contributed by atoms with Crippen LogP contribution in [0, 0.1) is 0 Å². The Morgan fingerprint density at radius 3 is 2.50 bits per heavy atom. The molecular formula is C13H23FN2O2. The number of alkyl halides is 1. The highest BCUT2D eigenvalue weighted by Crippen LogP contribution is 2.33. The number of hydrogen-bond donors (Lipinski definition) is 1. The average molecular weight is 258 g/mol. The van der Waals surface area contributed by atoms with Gasteiger partial charge in [-0.15, -0.1) is 0 Å². The summed E-state index contributed by atoms with van der Waals surface area (Å²) in [6.07, 6.45) is 1.24. The number of halogens is 1. The topological polar surface area (TPSA) is 41.6 Å². The molecule has 1 amide bonds. The van der Waals surface area contributed by atoms with Crippen molar-refractivity contribution in [2.24, 2.45) is 0 Å². The van der Waals surface area contributed by atoms with Crippen molar-refractivity contribution in [2.45, 2.75) is 63.9 Å². The van der Waals surface area contributed by atoms with Gasteiger partial charge < -0.3 is 10.1 Å². The van der Waals surface area contributed by atoms with Crippen molar-refractivity contribution in [3.05, 3.63) is 0 Å². The standard InChI is InChI=1S/C13H23FN2O2/c1-13(2,3)18-12(17)16(9-4-5-9)11-6-7-15-8-10(11)14/h9-11,15H,4-8H2,1-3H3/t10-,11-/m1/s1. The summed E-state index contributed by atoms with van der Waals surface area (Å²) in [5, 5.41) is 3.01. The van der Waals surface area contributed by atoms with Gasteiger partial charge in [0.1, 0.15) is 11.8 Å². The average Bonchev–Trinajstić information content (AvgIpc) is 3.03. The molecule has 1 saturated carbocycles. The molecule has 1 aliphatic carbocycles. The summed E-state index contributed by atoms with van der Waals surface area (Å²) < 4.78 is 19.4. The molecule has 2 rings (SSSR count). The van der Waals surface area contributed by atoms with Crippen molar-refractivity contribution in [2.75, 3.05) is 13.1 Å². The molecule has 0 radical (unpaired) electrons. The number of nitrogens with one attached hydrogen (secondary N) is 1. The van der Waals surface area contributed by atoms with Gasteiger partial charge in [-0.3, -0.25) is 4.90 Å². The van der Waals surface area contributed by atoms with Gasteiger partial charge in [0.25, 0.3) is 0 Å². The molecular weight excluding hydrogens is 235 g/mol. The Labute approximate surface area is 108 Å². The zero-order valence-corrected chi connectivity index (χ0v) is 11.4. The largest absolute Gasteiger partial charge is 0.444 e. The first-order valence-electron chi connectivity index (χ1n) is 6.74. The van der Waals surface area contributed by atoms with Crippen LogP contribution in [0.3, 0.4) is 0 Å². The lowest BCUT2D eigenvalue weighted by Gasteiger charge is -2.37. The summed E-state index contributed by atoms with van der Waals surface area (Å²) >= 11 is 0. The van der Waals surface area contributed by atoms with Crippen molar-refractivity contribution in [3.8, 4) is 0 Å². The van der Waals surface area contributed by atoms with Crippen molar-refractivity contribution in [1.82, 2.24) is 10.2 Å². The maximum atomic E-state index is 14.0. The molecule has 0 aromatic heterocycles. The fourth-order valence-electron chi connectivity index (χ4n) is 2.34. The van der Waals surface area contributed by atoms with Crippen molar-refractivity contribution >= 4 is 6.09 Å². The van der Waals surface area contributed by atoms with E-state index in [2.05, 4.69) is 5.32 Å². The van der Waals surface area contributed by atoms with Crippen LogP contribution in [0.4, 0.5) is 9.18 Å². The van der Waals surface area contributed by atoms with Gasteiger partial charge in [0, 0.05) is 12.6 Å². The summed E-state index contributed by atoms with van der Waals surface area (Å²) in [5.41, 5.74) is -0.525. The predicted molar refractivity (Wildman–Crippen MR) is 67.3 cm³/mol. The van der Waals surface area contributed by atoms with Crippen molar-refractivity contribution in [3.63, 3.8) is 0 Å². The van der Waals surface area contributed by atoms with E-state index in [0.29, 0.717) is 13.0 Å². The van der Waals surface area contributed by atoms with Gasteiger partial charge in [-0.2, -0.15) is 0 Å². The van der Waals surface area contributed by atoms with E-state index in [1.807, 2.05) is 20.8 Å². The molecule has 2 atom stereocenters. The molecule has 0 spiro atoms. The van der Waals surface area contributed by atoms with Gasteiger partial charge in [0.15, 0.2) is 0 Å². The Morgan fingerprint density at radius 1 is 1.33 bits per heavy atom. The Morgan fingerprint density at radius 2 is 2.00 bits per heavy atom. The summed E-state index contributed by atoms with van der Waals surface area (Å²) in [4.78, 5) is 13.9. The summed E-state index contributed by atoms with van der Waals surface area (Å²) in [6, 6.07) is -0.144.